The Kier molecular flexibility index (Phi) is 2.56. The van der Waals surface area contributed by atoms with Gasteiger partial charge in [-0.05, 0) is 12.8 Å². The number of hydrogen-bond acceptors (Lipinski definition) is 3. The number of piperidine rings is 1. The first-order valence-electron chi connectivity index (χ1n) is 4.62. The van der Waals surface area contributed by atoms with Crippen molar-refractivity contribution in [2.24, 2.45) is 0 Å². The first-order valence-corrected chi connectivity index (χ1v) is 4.62. The van der Waals surface area contributed by atoms with Crippen LogP contribution in [-0.4, -0.2) is 29.2 Å². The van der Waals surface area contributed by atoms with E-state index in [4.69, 9.17) is 0 Å². The highest BCUT2D eigenvalue weighted by molar-refractivity contribution is 5.37. The van der Waals surface area contributed by atoms with E-state index in [1.165, 1.54) is 12.4 Å². The molecule has 1 aromatic heterocycles. The Balaban J connectivity index is 2.08. The number of nitrogens with zero attached hydrogens (tertiary/aromatic N) is 3. The summed E-state index contributed by atoms with van der Waals surface area (Å²) in [6, 6.07) is 1.28. The van der Waals surface area contributed by atoms with Gasteiger partial charge in [0.25, 0.3) is 0 Å². The minimum Gasteiger partial charge on any atom is -0.356 e. The molecule has 2 heterocycles. The van der Waals surface area contributed by atoms with Crippen molar-refractivity contribution >= 4 is 5.82 Å². The van der Waals surface area contributed by atoms with Gasteiger partial charge >= 0.3 is 0 Å². The number of anilines is 1. The van der Waals surface area contributed by atoms with Gasteiger partial charge in [-0.3, -0.25) is 0 Å². The molecule has 1 aromatic rings. The van der Waals surface area contributed by atoms with Crippen LogP contribution in [0.15, 0.2) is 12.4 Å². The van der Waals surface area contributed by atoms with E-state index in [0.717, 1.165) is 0 Å². The van der Waals surface area contributed by atoms with E-state index in [9.17, 15) is 8.78 Å². The lowest BCUT2D eigenvalue weighted by Crippen LogP contribution is -2.34. The van der Waals surface area contributed by atoms with Crippen molar-refractivity contribution in [3.05, 3.63) is 18.3 Å². The highest BCUT2D eigenvalue weighted by Crippen LogP contribution is 2.18. The van der Waals surface area contributed by atoms with Gasteiger partial charge in [-0.25, -0.2) is 14.4 Å². The van der Waals surface area contributed by atoms with E-state index < -0.39 is 12.1 Å². The second-order valence-corrected chi connectivity index (χ2v) is 3.36. The Morgan fingerprint density at radius 3 is 2.64 bits per heavy atom. The van der Waals surface area contributed by atoms with Crippen LogP contribution >= 0.6 is 0 Å². The van der Waals surface area contributed by atoms with Crippen molar-refractivity contribution < 1.29 is 8.78 Å². The summed E-state index contributed by atoms with van der Waals surface area (Å²) in [7, 11) is 0. The summed E-state index contributed by atoms with van der Waals surface area (Å²) < 4.78 is 25.6. The monoisotopic (exact) mass is 199 g/mol. The summed E-state index contributed by atoms with van der Waals surface area (Å²) >= 11 is 0. The van der Waals surface area contributed by atoms with Crippen LogP contribution in [0.5, 0.6) is 0 Å². The molecule has 0 aromatic carbocycles. The van der Waals surface area contributed by atoms with E-state index >= 15 is 0 Å². The van der Waals surface area contributed by atoms with Crippen LogP contribution in [0.25, 0.3) is 0 Å². The van der Waals surface area contributed by atoms with Gasteiger partial charge in [0, 0.05) is 19.2 Å². The Morgan fingerprint density at radius 2 is 2.00 bits per heavy atom. The molecule has 0 aliphatic carbocycles. The standard InChI is InChI=1S/C9H11F2N3/c10-7-1-3-14(4-2-7)9-5-8(11)12-6-13-9/h5-7H,1-4H2. The van der Waals surface area contributed by atoms with Gasteiger partial charge in [0.1, 0.15) is 18.3 Å². The number of aromatic nitrogens is 2. The van der Waals surface area contributed by atoms with Crippen LogP contribution in [-0.2, 0) is 0 Å². The number of alkyl halides is 1. The maximum atomic E-state index is 12.8. The van der Waals surface area contributed by atoms with Gasteiger partial charge < -0.3 is 4.90 Å². The zero-order chi connectivity index (χ0) is 9.97. The molecule has 0 bridgehead atoms. The first kappa shape index (κ1) is 9.30. The molecule has 2 rings (SSSR count). The van der Waals surface area contributed by atoms with Crippen LogP contribution in [0.1, 0.15) is 12.8 Å². The summed E-state index contributed by atoms with van der Waals surface area (Å²) in [6.45, 7) is 1.19. The summed E-state index contributed by atoms with van der Waals surface area (Å²) in [5.74, 6) is 0.00164. The molecule has 1 saturated heterocycles. The van der Waals surface area contributed by atoms with E-state index in [0.29, 0.717) is 31.7 Å². The van der Waals surface area contributed by atoms with Gasteiger partial charge in [-0.15, -0.1) is 0 Å². The van der Waals surface area contributed by atoms with Crippen LogP contribution < -0.4 is 4.90 Å². The van der Waals surface area contributed by atoms with Crippen molar-refractivity contribution in [2.45, 2.75) is 19.0 Å². The Bertz CT molecular complexity index is 311. The molecule has 76 valence electrons. The second kappa shape index (κ2) is 3.86. The lowest BCUT2D eigenvalue weighted by molar-refractivity contribution is 0.276. The average Bonchev–Trinajstić information content (AvgIpc) is 2.19. The third-order valence-electron chi connectivity index (χ3n) is 2.37. The number of rotatable bonds is 1. The smallest absolute Gasteiger partial charge is 0.218 e. The van der Waals surface area contributed by atoms with Gasteiger partial charge in [0.15, 0.2) is 0 Å². The molecule has 0 amide bonds. The molecular weight excluding hydrogens is 188 g/mol. The highest BCUT2D eigenvalue weighted by Gasteiger charge is 2.19. The van der Waals surface area contributed by atoms with Gasteiger partial charge in [0.2, 0.25) is 5.95 Å². The second-order valence-electron chi connectivity index (χ2n) is 3.36. The predicted molar refractivity (Wildman–Crippen MR) is 48.3 cm³/mol. The van der Waals surface area contributed by atoms with E-state index in [2.05, 4.69) is 9.97 Å². The van der Waals surface area contributed by atoms with Crippen LogP contribution in [0.2, 0.25) is 0 Å². The van der Waals surface area contributed by atoms with Crippen LogP contribution in [0.3, 0.4) is 0 Å². The predicted octanol–water partition coefficient (Wildman–Crippen LogP) is 1.55. The maximum Gasteiger partial charge on any atom is 0.218 e. The van der Waals surface area contributed by atoms with Crippen LogP contribution in [0.4, 0.5) is 14.6 Å². The number of hydrogen-bond donors (Lipinski definition) is 0. The van der Waals surface area contributed by atoms with Crippen molar-refractivity contribution in [3.63, 3.8) is 0 Å². The molecule has 1 aliphatic heterocycles. The molecule has 0 radical (unpaired) electrons. The fourth-order valence-corrected chi connectivity index (χ4v) is 1.57. The Hall–Kier alpha value is -1.26. The third kappa shape index (κ3) is 1.97. The van der Waals surface area contributed by atoms with Gasteiger partial charge in [0.05, 0.1) is 0 Å². The topological polar surface area (TPSA) is 29.0 Å². The Morgan fingerprint density at radius 1 is 1.29 bits per heavy atom. The zero-order valence-electron chi connectivity index (χ0n) is 7.66. The molecule has 0 N–H and O–H groups in total. The fourth-order valence-electron chi connectivity index (χ4n) is 1.57. The summed E-state index contributed by atoms with van der Waals surface area (Å²) in [5, 5.41) is 0. The summed E-state index contributed by atoms with van der Waals surface area (Å²) in [4.78, 5) is 9.19. The lowest BCUT2D eigenvalue weighted by atomic mass is 10.1. The van der Waals surface area contributed by atoms with Crippen molar-refractivity contribution in [1.29, 1.82) is 0 Å². The van der Waals surface area contributed by atoms with Crippen LogP contribution in [0, 0.1) is 5.95 Å². The SMILES string of the molecule is Fc1cc(N2CCC(F)CC2)ncn1. The van der Waals surface area contributed by atoms with Gasteiger partial charge in [-0.1, -0.05) is 0 Å². The third-order valence-corrected chi connectivity index (χ3v) is 2.37. The largest absolute Gasteiger partial charge is 0.356 e. The number of halogens is 2. The molecule has 5 heteroatoms. The summed E-state index contributed by atoms with van der Waals surface area (Å²) in [5.41, 5.74) is 0. The fraction of sp³-hybridized carbons (Fsp3) is 0.556. The highest BCUT2D eigenvalue weighted by atomic mass is 19.1. The molecular formula is C9H11F2N3. The molecule has 0 unspecified atom stereocenters. The molecule has 0 atom stereocenters. The minimum atomic E-state index is -0.724. The zero-order valence-corrected chi connectivity index (χ0v) is 7.66. The van der Waals surface area contributed by atoms with Crippen molar-refractivity contribution in [1.82, 2.24) is 9.97 Å². The first-order chi connectivity index (χ1) is 6.75. The van der Waals surface area contributed by atoms with Crippen molar-refractivity contribution in [2.75, 3.05) is 18.0 Å². The molecule has 3 nitrogen and oxygen atoms in total. The molecule has 14 heavy (non-hydrogen) atoms. The lowest BCUT2D eigenvalue weighted by Gasteiger charge is -2.29. The minimum absolute atomic E-state index is 0.492. The Labute approximate surface area is 80.8 Å². The maximum absolute atomic E-state index is 12.8. The van der Waals surface area contributed by atoms with E-state index in [1.807, 2.05) is 4.90 Å². The van der Waals surface area contributed by atoms with E-state index in [-0.39, 0.29) is 0 Å². The molecule has 0 spiro atoms. The average molecular weight is 199 g/mol. The molecule has 1 fully saturated rings. The summed E-state index contributed by atoms with van der Waals surface area (Å²) in [6.07, 6.45) is 1.45. The molecule has 0 saturated carbocycles. The van der Waals surface area contributed by atoms with E-state index in [1.54, 1.807) is 0 Å². The van der Waals surface area contributed by atoms with Gasteiger partial charge in [-0.2, -0.15) is 4.39 Å². The molecule has 1 aliphatic rings. The van der Waals surface area contributed by atoms with Crippen molar-refractivity contribution in [3.8, 4) is 0 Å². The quantitative estimate of drug-likeness (QED) is 0.642. The normalized spacial score (nSPS) is 18.6.